The number of aryl methyl sites for hydroxylation is 1. The maximum absolute atomic E-state index is 11.9. The lowest BCUT2D eigenvalue weighted by molar-refractivity contribution is -0.111. The Kier molecular flexibility index (Phi) is 4.90. The van der Waals surface area contributed by atoms with Crippen LogP contribution < -0.4 is 5.32 Å². The molecular formula is C18H19NO2. The number of hydrogen-bond acceptors (Lipinski definition) is 2. The van der Waals surface area contributed by atoms with E-state index in [1.54, 1.807) is 25.1 Å². The molecule has 3 nitrogen and oxygen atoms in total. The van der Waals surface area contributed by atoms with Crippen LogP contribution in [0.25, 0.3) is 6.08 Å². The monoisotopic (exact) mass is 281 g/mol. The summed E-state index contributed by atoms with van der Waals surface area (Å²) in [6.07, 6.45) is 2.63. The number of amides is 1. The average molecular weight is 281 g/mol. The SMILES string of the molecule is Cc1ccc(/C=C/C(=O)Nc2ccccc2C(C)O)cc1. The molecule has 0 aliphatic rings. The third-order valence-electron chi connectivity index (χ3n) is 3.17. The van der Waals surface area contributed by atoms with E-state index in [1.807, 2.05) is 43.3 Å². The Bertz CT molecular complexity index is 643. The van der Waals surface area contributed by atoms with Gasteiger partial charge < -0.3 is 10.4 Å². The van der Waals surface area contributed by atoms with Crippen LogP contribution in [0.1, 0.15) is 29.7 Å². The van der Waals surface area contributed by atoms with Gasteiger partial charge in [0.15, 0.2) is 0 Å². The molecule has 21 heavy (non-hydrogen) atoms. The molecule has 0 fully saturated rings. The summed E-state index contributed by atoms with van der Waals surface area (Å²) >= 11 is 0. The van der Waals surface area contributed by atoms with E-state index in [4.69, 9.17) is 0 Å². The van der Waals surface area contributed by atoms with Gasteiger partial charge in [-0.15, -0.1) is 0 Å². The fourth-order valence-electron chi connectivity index (χ4n) is 2.00. The number of hydrogen-bond donors (Lipinski definition) is 2. The molecule has 0 bridgehead atoms. The van der Waals surface area contributed by atoms with Crippen LogP contribution in [-0.4, -0.2) is 11.0 Å². The van der Waals surface area contributed by atoms with E-state index in [2.05, 4.69) is 5.32 Å². The van der Waals surface area contributed by atoms with Crippen LogP contribution in [-0.2, 0) is 4.79 Å². The number of carbonyl (C=O) groups excluding carboxylic acids is 1. The van der Waals surface area contributed by atoms with Crippen molar-refractivity contribution < 1.29 is 9.90 Å². The van der Waals surface area contributed by atoms with E-state index in [9.17, 15) is 9.90 Å². The van der Waals surface area contributed by atoms with Gasteiger partial charge in [0, 0.05) is 17.3 Å². The minimum absolute atomic E-state index is 0.219. The number of nitrogens with one attached hydrogen (secondary N) is 1. The standard InChI is InChI=1S/C18H19NO2/c1-13-7-9-15(10-8-13)11-12-18(21)19-17-6-4-3-5-16(17)14(2)20/h3-12,14,20H,1-2H3,(H,19,21)/b12-11+. The van der Waals surface area contributed by atoms with Gasteiger partial charge in [-0.25, -0.2) is 0 Å². The molecule has 0 radical (unpaired) electrons. The van der Waals surface area contributed by atoms with Crippen molar-refractivity contribution in [2.45, 2.75) is 20.0 Å². The molecule has 2 aromatic rings. The molecule has 1 atom stereocenters. The lowest BCUT2D eigenvalue weighted by Crippen LogP contribution is -2.10. The first-order valence-corrected chi connectivity index (χ1v) is 6.89. The number of anilines is 1. The predicted octanol–water partition coefficient (Wildman–Crippen LogP) is 3.70. The molecule has 1 unspecified atom stereocenters. The highest BCUT2D eigenvalue weighted by molar-refractivity contribution is 6.02. The van der Waals surface area contributed by atoms with Crippen molar-refractivity contribution in [1.82, 2.24) is 0 Å². The van der Waals surface area contributed by atoms with Crippen LogP contribution in [0, 0.1) is 6.92 Å². The Morgan fingerprint density at radius 3 is 2.48 bits per heavy atom. The van der Waals surface area contributed by atoms with Gasteiger partial charge in [0.25, 0.3) is 0 Å². The summed E-state index contributed by atoms with van der Waals surface area (Å²) < 4.78 is 0. The number of aliphatic hydroxyl groups is 1. The number of aliphatic hydroxyl groups excluding tert-OH is 1. The Morgan fingerprint density at radius 1 is 1.14 bits per heavy atom. The van der Waals surface area contributed by atoms with Crippen molar-refractivity contribution in [3.8, 4) is 0 Å². The Morgan fingerprint density at radius 2 is 1.81 bits per heavy atom. The molecule has 2 rings (SSSR count). The highest BCUT2D eigenvalue weighted by Crippen LogP contribution is 2.22. The summed E-state index contributed by atoms with van der Waals surface area (Å²) in [6.45, 7) is 3.69. The molecule has 2 N–H and O–H groups in total. The zero-order valence-electron chi connectivity index (χ0n) is 12.2. The molecule has 0 aliphatic heterocycles. The summed E-state index contributed by atoms with van der Waals surface area (Å²) in [4.78, 5) is 11.9. The van der Waals surface area contributed by atoms with E-state index in [1.165, 1.54) is 11.6 Å². The largest absolute Gasteiger partial charge is 0.389 e. The molecule has 0 spiro atoms. The van der Waals surface area contributed by atoms with E-state index >= 15 is 0 Å². The Labute approximate surface area is 124 Å². The van der Waals surface area contributed by atoms with Gasteiger partial charge in [-0.3, -0.25) is 4.79 Å². The zero-order valence-corrected chi connectivity index (χ0v) is 12.2. The topological polar surface area (TPSA) is 49.3 Å². The fraction of sp³-hybridized carbons (Fsp3) is 0.167. The first-order valence-electron chi connectivity index (χ1n) is 6.89. The van der Waals surface area contributed by atoms with E-state index in [-0.39, 0.29) is 5.91 Å². The van der Waals surface area contributed by atoms with Crippen molar-refractivity contribution >= 4 is 17.7 Å². The first-order chi connectivity index (χ1) is 10.1. The molecule has 1 amide bonds. The number of para-hydroxylation sites is 1. The third kappa shape index (κ3) is 4.29. The van der Waals surface area contributed by atoms with E-state index < -0.39 is 6.10 Å². The molecule has 0 aromatic heterocycles. The normalized spacial score (nSPS) is 12.3. The molecule has 3 heteroatoms. The van der Waals surface area contributed by atoms with Crippen LogP contribution >= 0.6 is 0 Å². The second-order valence-corrected chi connectivity index (χ2v) is 5.00. The lowest BCUT2D eigenvalue weighted by atomic mass is 10.1. The van der Waals surface area contributed by atoms with Crippen LogP contribution in [0.2, 0.25) is 0 Å². The van der Waals surface area contributed by atoms with Gasteiger partial charge in [-0.05, 0) is 31.6 Å². The van der Waals surface area contributed by atoms with Gasteiger partial charge >= 0.3 is 0 Å². The number of rotatable bonds is 4. The van der Waals surface area contributed by atoms with Crippen molar-refractivity contribution in [1.29, 1.82) is 0 Å². The maximum Gasteiger partial charge on any atom is 0.248 e. The van der Waals surface area contributed by atoms with Crippen LogP contribution in [0.15, 0.2) is 54.6 Å². The lowest BCUT2D eigenvalue weighted by Gasteiger charge is -2.11. The Balaban J connectivity index is 2.07. The average Bonchev–Trinajstić information content (AvgIpc) is 2.47. The van der Waals surface area contributed by atoms with Gasteiger partial charge in [-0.1, -0.05) is 48.0 Å². The van der Waals surface area contributed by atoms with Crippen molar-refractivity contribution in [2.24, 2.45) is 0 Å². The molecular weight excluding hydrogens is 262 g/mol. The highest BCUT2D eigenvalue weighted by Gasteiger charge is 2.08. The predicted molar refractivity (Wildman–Crippen MR) is 85.9 cm³/mol. The zero-order chi connectivity index (χ0) is 15.2. The van der Waals surface area contributed by atoms with Crippen molar-refractivity contribution in [3.05, 3.63) is 71.3 Å². The van der Waals surface area contributed by atoms with Crippen LogP contribution in [0.3, 0.4) is 0 Å². The third-order valence-corrected chi connectivity index (χ3v) is 3.17. The van der Waals surface area contributed by atoms with Crippen LogP contribution in [0.4, 0.5) is 5.69 Å². The van der Waals surface area contributed by atoms with E-state index in [0.29, 0.717) is 11.3 Å². The van der Waals surface area contributed by atoms with Gasteiger partial charge in [-0.2, -0.15) is 0 Å². The second kappa shape index (κ2) is 6.86. The summed E-state index contributed by atoms with van der Waals surface area (Å²) in [5.74, 6) is -0.219. The van der Waals surface area contributed by atoms with Gasteiger partial charge in [0.2, 0.25) is 5.91 Å². The fourth-order valence-corrected chi connectivity index (χ4v) is 2.00. The minimum atomic E-state index is -0.623. The molecule has 0 heterocycles. The summed E-state index contributed by atoms with van der Waals surface area (Å²) in [5.41, 5.74) is 3.49. The van der Waals surface area contributed by atoms with Crippen molar-refractivity contribution in [3.63, 3.8) is 0 Å². The highest BCUT2D eigenvalue weighted by atomic mass is 16.3. The summed E-state index contributed by atoms with van der Waals surface area (Å²) in [7, 11) is 0. The van der Waals surface area contributed by atoms with Gasteiger partial charge in [0.05, 0.1) is 6.10 Å². The van der Waals surface area contributed by atoms with E-state index in [0.717, 1.165) is 5.56 Å². The molecule has 108 valence electrons. The molecule has 2 aromatic carbocycles. The molecule has 0 saturated carbocycles. The quantitative estimate of drug-likeness (QED) is 0.839. The van der Waals surface area contributed by atoms with Crippen molar-refractivity contribution in [2.75, 3.05) is 5.32 Å². The maximum atomic E-state index is 11.9. The number of benzene rings is 2. The first kappa shape index (κ1) is 15.0. The summed E-state index contributed by atoms with van der Waals surface area (Å²) in [6, 6.07) is 15.2. The smallest absolute Gasteiger partial charge is 0.248 e. The Hall–Kier alpha value is -2.39. The second-order valence-electron chi connectivity index (χ2n) is 5.00. The number of carbonyl (C=O) groups is 1. The van der Waals surface area contributed by atoms with Gasteiger partial charge in [0.1, 0.15) is 0 Å². The van der Waals surface area contributed by atoms with Crippen LogP contribution in [0.5, 0.6) is 0 Å². The molecule has 0 aliphatic carbocycles. The molecule has 0 saturated heterocycles. The minimum Gasteiger partial charge on any atom is -0.389 e. The summed E-state index contributed by atoms with van der Waals surface area (Å²) in [5, 5.41) is 12.5.